The third kappa shape index (κ3) is 2.72. The number of esters is 1. The molecular formula is C23H36O6. The molecule has 0 bridgehead atoms. The van der Waals surface area contributed by atoms with E-state index in [9.17, 15) is 15.0 Å². The predicted molar refractivity (Wildman–Crippen MR) is 107 cm³/mol. The highest BCUT2D eigenvalue weighted by atomic mass is 16.7. The Balaban J connectivity index is 1.67. The number of hydrogen-bond donors (Lipinski definition) is 2. The summed E-state index contributed by atoms with van der Waals surface area (Å²) in [5, 5.41) is 23.4. The summed E-state index contributed by atoms with van der Waals surface area (Å²) in [7, 11) is 0. The van der Waals surface area contributed by atoms with E-state index in [1.54, 1.807) is 0 Å². The van der Waals surface area contributed by atoms with Gasteiger partial charge < -0.3 is 24.4 Å². The van der Waals surface area contributed by atoms with Gasteiger partial charge in [0.25, 0.3) is 0 Å². The van der Waals surface area contributed by atoms with Gasteiger partial charge in [-0.1, -0.05) is 26.8 Å². The number of hydrogen-bond acceptors (Lipinski definition) is 6. The fourth-order valence-corrected chi connectivity index (χ4v) is 7.20. The monoisotopic (exact) mass is 408 g/mol. The molecule has 164 valence electrons. The summed E-state index contributed by atoms with van der Waals surface area (Å²) in [5.41, 5.74) is -1.98. The van der Waals surface area contributed by atoms with E-state index in [1.807, 2.05) is 26.8 Å². The summed E-state index contributed by atoms with van der Waals surface area (Å²) in [6.07, 6.45) is 1.90. The highest BCUT2D eigenvalue weighted by molar-refractivity contribution is 5.67. The van der Waals surface area contributed by atoms with Gasteiger partial charge in [0, 0.05) is 36.0 Å². The lowest BCUT2D eigenvalue weighted by Gasteiger charge is -2.50. The van der Waals surface area contributed by atoms with Crippen molar-refractivity contribution in [2.75, 3.05) is 6.61 Å². The molecule has 4 fully saturated rings. The third-order valence-electron chi connectivity index (χ3n) is 8.59. The second-order valence-corrected chi connectivity index (χ2v) is 10.8. The zero-order valence-electron chi connectivity index (χ0n) is 18.5. The molecule has 6 nitrogen and oxygen atoms in total. The zero-order valence-corrected chi connectivity index (χ0v) is 18.5. The molecule has 4 rings (SSSR count). The molecule has 0 aromatic rings. The summed E-state index contributed by atoms with van der Waals surface area (Å²) in [6, 6.07) is 0. The van der Waals surface area contributed by atoms with Crippen molar-refractivity contribution in [1.29, 1.82) is 0 Å². The molecule has 0 radical (unpaired) electrons. The molecule has 0 aromatic heterocycles. The molecule has 6 heteroatoms. The lowest BCUT2D eigenvalue weighted by atomic mass is 9.61. The summed E-state index contributed by atoms with van der Waals surface area (Å²) in [6.45, 7) is 15.9. The van der Waals surface area contributed by atoms with Gasteiger partial charge in [-0.15, -0.1) is 6.58 Å². The minimum absolute atomic E-state index is 0.0268. The van der Waals surface area contributed by atoms with Crippen molar-refractivity contribution >= 4 is 5.97 Å². The van der Waals surface area contributed by atoms with E-state index in [0.717, 1.165) is 0 Å². The topological polar surface area (TPSA) is 85.2 Å². The fraction of sp³-hybridized carbons (Fsp3) is 0.870. The number of carbonyl (C=O) groups is 1. The number of aliphatic hydroxyl groups excluding tert-OH is 1. The lowest BCUT2D eigenvalue weighted by Crippen LogP contribution is -2.58. The van der Waals surface area contributed by atoms with Gasteiger partial charge >= 0.3 is 5.97 Å². The van der Waals surface area contributed by atoms with Crippen LogP contribution in [-0.4, -0.2) is 52.0 Å². The highest BCUT2D eigenvalue weighted by Crippen LogP contribution is 2.75. The van der Waals surface area contributed by atoms with Gasteiger partial charge in [0.05, 0.1) is 24.4 Å². The van der Waals surface area contributed by atoms with Crippen LogP contribution in [0.1, 0.15) is 54.4 Å². The molecule has 9 atom stereocenters. The Kier molecular flexibility index (Phi) is 4.61. The maximum absolute atomic E-state index is 12.2. The molecule has 0 spiro atoms. The molecule has 4 aliphatic rings. The molecule has 1 aliphatic heterocycles. The Morgan fingerprint density at radius 3 is 2.52 bits per heavy atom. The molecule has 1 saturated heterocycles. The van der Waals surface area contributed by atoms with Crippen LogP contribution in [0.25, 0.3) is 0 Å². The van der Waals surface area contributed by atoms with Gasteiger partial charge in [-0.05, 0) is 32.6 Å². The second kappa shape index (κ2) is 6.28. The number of fused-ring (bicyclic) bond motifs is 2. The smallest absolute Gasteiger partial charge is 0.303 e. The standard InChI is InChI=1S/C23H36O6/c1-8-15-19-20(4,5)22(19,28-13(3)24)10-12(2)23(15,26)16-9-14-11-27-21(6,7)29-18(14)17(16)25/h8,12,14-19,25-26H,1,9-11H2,2-7H3/t12-,14-,15+,16-,17+,18+,19-,22-,23-/m0/s1. The van der Waals surface area contributed by atoms with Crippen LogP contribution in [0, 0.1) is 35.0 Å². The summed E-state index contributed by atoms with van der Waals surface area (Å²) < 4.78 is 17.7. The van der Waals surface area contributed by atoms with E-state index in [0.29, 0.717) is 19.4 Å². The van der Waals surface area contributed by atoms with Crippen LogP contribution < -0.4 is 0 Å². The van der Waals surface area contributed by atoms with Gasteiger partial charge in [0.2, 0.25) is 0 Å². The first-order chi connectivity index (χ1) is 13.3. The van der Waals surface area contributed by atoms with Crippen LogP contribution in [0.15, 0.2) is 12.7 Å². The molecular weight excluding hydrogens is 372 g/mol. The second-order valence-electron chi connectivity index (χ2n) is 10.8. The molecule has 0 amide bonds. The van der Waals surface area contributed by atoms with Gasteiger partial charge in [0.15, 0.2) is 5.79 Å². The highest BCUT2D eigenvalue weighted by Gasteiger charge is 2.82. The Morgan fingerprint density at radius 2 is 1.93 bits per heavy atom. The molecule has 29 heavy (non-hydrogen) atoms. The largest absolute Gasteiger partial charge is 0.458 e. The van der Waals surface area contributed by atoms with Gasteiger partial charge in [-0.2, -0.15) is 0 Å². The van der Waals surface area contributed by atoms with Crippen molar-refractivity contribution in [1.82, 2.24) is 0 Å². The van der Waals surface area contributed by atoms with Gasteiger partial charge in [-0.3, -0.25) is 4.79 Å². The van der Waals surface area contributed by atoms with Crippen molar-refractivity contribution in [2.24, 2.45) is 35.0 Å². The Labute approximate surface area is 173 Å². The first kappa shape index (κ1) is 21.3. The normalized spacial score (nSPS) is 52.2. The Bertz CT molecular complexity index is 716. The number of ether oxygens (including phenoxy) is 3. The van der Waals surface area contributed by atoms with Crippen LogP contribution >= 0.6 is 0 Å². The van der Waals surface area contributed by atoms with E-state index in [-0.39, 0.29) is 47.1 Å². The van der Waals surface area contributed by atoms with Crippen LogP contribution in [0.4, 0.5) is 0 Å². The van der Waals surface area contributed by atoms with E-state index in [4.69, 9.17) is 14.2 Å². The molecule has 3 saturated carbocycles. The molecule has 0 aromatic carbocycles. The first-order valence-corrected chi connectivity index (χ1v) is 10.9. The molecule has 3 aliphatic carbocycles. The maximum atomic E-state index is 12.2. The Morgan fingerprint density at radius 1 is 1.28 bits per heavy atom. The van der Waals surface area contributed by atoms with Crippen LogP contribution in [0.2, 0.25) is 0 Å². The first-order valence-electron chi connectivity index (χ1n) is 10.9. The van der Waals surface area contributed by atoms with E-state index in [2.05, 4.69) is 20.4 Å². The quantitative estimate of drug-likeness (QED) is 0.552. The van der Waals surface area contributed by atoms with Gasteiger partial charge in [-0.25, -0.2) is 0 Å². The fourth-order valence-electron chi connectivity index (χ4n) is 7.20. The van der Waals surface area contributed by atoms with E-state index >= 15 is 0 Å². The predicted octanol–water partition coefficient (Wildman–Crippen LogP) is 2.67. The van der Waals surface area contributed by atoms with Gasteiger partial charge in [0.1, 0.15) is 5.60 Å². The van der Waals surface area contributed by atoms with Crippen molar-refractivity contribution in [3.05, 3.63) is 12.7 Å². The molecule has 0 unspecified atom stereocenters. The van der Waals surface area contributed by atoms with E-state index in [1.165, 1.54) is 6.92 Å². The van der Waals surface area contributed by atoms with Crippen LogP contribution in [0.5, 0.6) is 0 Å². The third-order valence-corrected chi connectivity index (χ3v) is 8.59. The average Bonchev–Trinajstić information content (AvgIpc) is 2.89. The molecule has 2 N–H and O–H groups in total. The number of aliphatic hydroxyl groups is 2. The van der Waals surface area contributed by atoms with Crippen LogP contribution in [-0.2, 0) is 19.0 Å². The minimum atomic E-state index is -1.14. The van der Waals surface area contributed by atoms with Crippen molar-refractivity contribution in [2.45, 2.75) is 83.6 Å². The van der Waals surface area contributed by atoms with E-state index < -0.39 is 23.1 Å². The van der Waals surface area contributed by atoms with Crippen molar-refractivity contribution in [3.63, 3.8) is 0 Å². The minimum Gasteiger partial charge on any atom is -0.458 e. The molecule has 1 heterocycles. The van der Waals surface area contributed by atoms with Crippen molar-refractivity contribution < 1.29 is 29.2 Å². The SMILES string of the molecule is C=C[C@@H]1[C@H]2C(C)(C)[C@]2(OC(C)=O)C[C@H](C)[C@@]1(O)[C@H]1C[C@H]2COC(C)(C)O[C@H]2[C@@H]1O. The lowest BCUT2D eigenvalue weighted by molar-refractivity contribution is -0.299. The number of carbonyl (C=O) groups excluding carboxylic acids is 1. The summed E-state index contributed by atoms with van der Waals surface area (Å²) in [4.78, 5) is 11.9. The van der Waals surface area contributed by atoms with Crippen molar-refractivity contribution in [3.8, 4) is 0 Å². The zero-order chi connectivity index (χ0) is 21.6. The maximum Gasteiger partial charge on any atom is 0.303 e. The summed E-state index contributed by atoms with van der Waals surface area (Å²) in [5.74, 6) is -1.80. The number of rotatable bonds is 3. The summed E-state index contributed by atoms with van der Waals surface area (Å²) >= 11 is 0. The van der Waals surface area contributed by atoms with Crippen LogP contribution in [0.3, 0.4) is 0 Å². The Hall–Kier alpha value is -0.950. The average molecular weight is 409 g/mol.